The van der Waals surface area contributed by atoms with Crippen molar-refractivity contribution in [3.63, 3.8) is 0 Å². The molecule has 0 aliphatic heterocycles. The first-order valence-electron chi connectivity index (χ1n) is 7.70. The number of carbonyl (C=O) groups excluding carboxylic acids is 1. The minimum atomic E-state index is -0.133. The van der Waals surface area contributed by atoms with E-state index in [9.17, 15) is 4.79 Å². The van der Waals surface area contributed by atoms with E-state index in [0.717, 1.165) is 27.4 Å². The van der Waals surface area contributed by atoms with Crippen LogP contribution in [0.15, 0.2) is 65.3 Å². The first kappa shape index (κ1) is 16.5. The highest BCUT2D eigenvalue weighted by Crippen LogP contribution is 2.17. The highest BCUT2D eigenvalue weighted by molar-refractivity contribution is 9.10. The summed E-state index contributed by atoms with van der Waals surface area (Å²) in [5.41, 5.74) is 2.11. The van der Waals surface area contributed by atoms with Crippen LogP contribution in [-0.2, 0) is 11.2 Å². The van der Waals surface area contributed by atoms with E-state index in [1.807, 2.05) is 54.6 Å². The number of amides is 1. The zero-order valence-electron chi connectivity index (χ0n) is 13.0. The van der Waals surface area contributed by atoms with E-state index >= 15 is 0 Å². The van der Waals surface area contributed by atoms with E-state index in [1.165, 1.54) is 0 Å². The van der Waals surface area contributed by atoms with Gasteiger partial charge in [0.15, 0.2) is 6.61 Å². The molecule has 0 bridgehead atoms. The summed E-state index contributed by atoms with van der Waals surface area (Å²) in [6.45, 7) is 0.563. The largest absolute Gasteiger partial charge is 0.484 e. The number of hydrogen-bond acceptors (Lipinski definition) is 3. The lowest BCUT2D eigenvalue weighted by molar-refractivity contribution is -0.123. The van der Waals surface area contributed by atoms with Crippen LogP contribution in [0.25, 0.3) is 10.9 Å². The molecule has 122 valence electrons. The molecule has 1 amide bonds. The fourth-order valence-corrected chi connectivity index (χ4v) is 2.70. The monoisotopic (exact) mass is 384 g/mol. The minimum Gasteiger partial charge on any atom is -0.484 e. The Bertz CT molecular complexity index is 829. The maximum atomic E-state index is 11.9. The Labute approximate surface area is 149 Å². The number of halogens is 1. The fraction of sp³-hybridized carbons (Fsp3) is 0.158. The molecule has 0 saturated carbocycles. The number of nitrogens with one attached hydrogen (secondary N) is 1. The highest BCUT2D eigenvalue weighted by Gasteiger charge is 2.05. The molecule has 4 nitrogen and oxygen atoms in total. The number of rotatable bonds is 6. The Hall–Kier alpha value is -2.40. The van der Waals surface area contributed by atoms with Gasteiger partial charge in [-0.15, -0.1) is 0 Å². The number of para-hydroxylation sites is 1. The van der Waals surface area contributed by atoms with Gasteiger partial charge in [-0.1, -0.05) is 40.2 Å². The maximum absolute atomic E-state index is 11.9. The lowest BCUT2D eigenvalue weighted by Gasteiger charge is -2.09. The number of nitrogens with zero attached hydrogens (tertiary/aromatic N) is 1. The summed E-state index contributed by atoms with van der Waals surface area (Å²) in [4.78, 5) is 16.3. The first-order valence-corrected chi connectivity index (χ1v) is 8.49. The van der Waals surface area contributed by atoms with Gasteiger partial charge in [0.05, 0.1) is 5.52 Å². The summed E-state index contributed by atoms with van der Waals surface area (Å²) in [6.07, 6.45) is 2.52. The van der Waals surface area contributed by atoms with Crippen LogP contribution in [0.5, 0.6) is 5.75 Å². The third-order valence-corrected chi connectivity index (χ3v) is 4.15. The van der Waals surface area contributed by atoms with E-state index in [1.54, 1.807) is 6.20 Å². The average Bonchev–Trinajstić information content (AvgIpc) is 2.61. The van der Waals surface area contributed by atoms with Crippen molar-refractivity contribution in [3.8, 4) is 5.75 Å². The Morgan fingerprint density at radius 1 is 1.08 bits per heavy atom. The Morgan fingerprint density at radius 2 is 1.88 bits per heavy atom. The number of aromatic nitrogens is 1. The molecule has 0 spiro atoms. The van der Waals surface area contributed by atoms with Gasteiger partial charge < -0.3 is 10.1 Å². The van der Waals surface area contributed by atoms with Crippen molar-refractivity contribution in [2.45, 2.75) is 6.42 Å². The van der Waals surface area contributed by atoms with E-state index < -0.39 is 0 Å². The molecular formula is C19H17BrN2O2. The zero-order valence-corrected chi connectivity index (χ0v) is 14.6. The predicted octanol–water partition coefficient (Wildman–Crippen LogP) is 3.74. The normalized spacial score (nSPS) is 10.5. The molecule has 0 unspecified atom stereocenters. The number of benzene rings is 2. The molecule has 3 aromatic rings. The average molecular weight is 385 g/mol. The van der Waals surface area contributed by atoms with Crippen molar-refractivity contribution in [3.05, 3.63) is 70.8 Å². The molecule has 3 rings (SSSR count). The van der Waals surface area contributed by atoms with E-state index in [4.69, 9.17) is 4.74 Å². The topological polar surface area (TPSA) is 51.2 Å². The molecule has 5 heteroatoms. The van der Waals surface area contributed by atoms with Gasteiger partial charge in [0.1, 0.15) is 5.75 Å². The molecule has 1 N–H and O–H groups in total. The third kappa shape index (κ3) is 4.32. The number of ether oxygens (including phenoxy) is 1. The predicted molar refractivity (Wildman–Crippen MR) is 98.1 cm³/mol. The molecule has 1 aromatic heterocycles. The maximum Gasteiger partial charge on any atom is 0.257 e. The molecule has 2 aromatic carbocycles. The zero-order chi connectivity index (χ0) is 16.8. The van der Waals surface area contributed by atoms with Gasteiger partial charge in [-0.25, -0.2) is 0 Å². The standard InChI is InChI=1S/C19H17BrN2O2/c20-16-6-8-17(9-7-16)24-13-18(23)21-12-10-15-4-1-3-14-5-2-11-22-19(14)15/h1-9,11H,10,12-13H2,(H,21,23). The highest BCUT2D eigenvalue weighted by atomic mass is 79.9. The smallest absolute Gasteiger partial charge is 0.257 e. The van der Waals surface area contributed by atoms with Crippen LogP contribution in [0.3, 0.4) is 0 Å². The van der Waals surface area contributed by atoms with Crippen molar-refractivity contribution in [2.75, 3.05) is 13.2 Å². The van der Waals surface area contributed by atoms with Crippen molar-refractivity contribution >= 4 is 32.7 Å². The van der Waals surface area contributed by atoms with Crippen LogP contribution in [0.4, 0.5) is 0 Å². The quantitative estimate of drug-likeness (QED) is 0.704. The van der Waals surface area contributed by atoms with Gasteiger partial charge in [0.2, 0.25) is 0 Å². The summed E-state index contributed by atoms with van der Waals surface area (Å²) in [5, 5.41) is 3.99. The van der Waals surface area contributed by atoms with E-state index in [2.05, 4.69) is 26.2 Å². The molecule has 0 aliphatic rings. The Morgan fingerprint density at radius 3 is 2.71 bits per heavy atom. The second kappa shape index (κ2) is 7.93. The number of carbonyl (C=O) groups is 1. The van der Waals surface area contributed by atoms with E-state index in [-0.39, 0.29) is 12.5 Å². The van der Waals surface area contributed by atoms with Crippen molar-refractivity contribution in [1.29, 1.82) is 0 Å². The van der Waals surface area contributed by atoms with Gasteiger partial charge in [0.25, 0.3) is 5.91 Å². The van der Waals surface area contributed by atoms with Crippen molar-refractivity contribution in [1.82, 2.24) is 10.3 Å². The van der Waals surface area contributed by atoms with Crippen molar-refractivity contribution in [2.24, 2.45) is 0 Å². The number of fused-ring (bicyclic) bond motifs is 1. The van der Waals surface area contributed by atoms with Crippen LogP contribution < -0.4 is 10.1 Å². The van der Waals surface area contributed by atoms with Crippen molar-refractivity contribution < 1.29 is 9.53 Å². The second-order valence-electron chi connectivity index (χ2n) is 5.33. The van der Waals surface area contributed by atoms with E-state index in [0.29, 0.717) is 12.3 Å². The number of pyridine rings is 1. The molecule has 0 atom stereocenters. The summed E-state index contributed by atoms with van der Waals surface area (Å²) >= 11 is 3.36. The SMILES string of the molecule is O=C(COc1ccc(Br)cc1)NCCc1cccc2cccnc12. The summed E-state index contributed by atoms with van der Waals surface area (Å²) in [5.74, 6) is 0.540. The summed E-state index contributed by atoms with van der Waals surface area (Å²) in [7, 11) is 0. The molecule has 0 aliphatic carbocycles. The lowest BCUT2D eigenvalue weighted by Crippen LogP contribution is -2.30. The van der Waals surface area contributed by atoms with Gasteiger partial charge in [-0.2, -0.15) is 0 Å². The Kier molecular flexibility index (Phi) is 5.43. The van der Waals surface area contributed by atoms with Gasteiger partial charge in [0, 0.05) is 22.6 Å². The molecule has 0 radical (unpaired) electrons. The van der Waals surface area contributed by atoms with Crippen LogP contribution in [0.1, 0.15) is 5.56 Å². The van der Waals surface area contributed by atoms with Gasteiger partial charge in [-0.05, 0) is 42.3 Å². The number of hydrogen-bond donors (Lipinski definition) is 1. The summed E-state index contributed by atoms with van der Waals surface area (Å²) in [6, 6.07) is 17.4. The third-order valence-electron chi connectivity index (χ3n) is 3.62. The molecular weight excluding hydrogens is 368 g/mol. The Balaban J connectivity index is 1.48. The summed E-state index contributed by atoms with van der Waals surface area (Å²) < 4.78 is 6.43. The lowest BCUT2D eigenvalue weighted by atomic mass is 10.1. The minimum absolute atomic E-state index is 0.00935. The van der Waals surface area contributed by atoms with Crippen LogP contribution in [0, 0.1) is 0 Å². The van der Waals surface area contributed by atoms with Crippen LogP contribution in [-0.4, -0.2) is 24.0 Å². The molecule has 0 fully saturated rings. The molecule has 24 heavy (non-hydrogen) atoms. The second-order valence-corrected chi connectivity index (χ2v) is 6.25. The van der Waals surface area contributed by atoms with Gasteiger partial charge in [-0.3, -0.25) is 9.78 Å². The molecule has 1 heterocycles. The first-order chi connectivity index (χ1) is 11.7. The van der Waals surface area contributed by atoms with Crippen LogP contribution in [0.2, 0.25) is 0 Å². The fourth-order valence-electron chi connectivity index (χ4n) is 2.44. The molecule has 0 saturated heterocycles. The van der Waals surface area contributed by atoms with Gasteiger partial charge >= 0.3 is 0 Å². The van der Waals surface area contributed by atoms with Crippen LogP contribution >= 0.6 is 15.9 Å².